The molecule has 0 saturated heterocycles. The number of hydrogen-bond acceptors (Lipinski definition) is 2. The highest BCUT2D eigenvalue weighted by Crippen LogP contribution is 2.49. The summed E-state index contributed by atoms with van der Waals surface area (Å²) in [6.45, 7) is 18.2. The highest BCUT2D eigenvalue weighted by atomic mass is 79.9. The summed E-state index contributed by atoms with van der Waals surface area (Å²) in [7, 11) is 2.17. The largest absolute Gasteiger partial charge is 0.347 e. The van der Waals surface area contributed by atoms with Crippen molar-refractivity contribution in [1.29, 1.82) is 0 Å². The predicted octanol–water partition coefficient (Wildman–Crippen LogP) is 9.58. The SMILES string of the molecule is Br.CN1C(=CC=CC=Nc2cc(C(C)(C)C)cc(C(C)(C)C)c2)C(C)(C)c2c1ccc1ccccc21. The summed E-state index contributed by atoms with van der Waals surface area (Å²) < 4.78 is 0. The van der Waals surface area contributed by atoms with Crippen LogP contribution >= 0.6 is 17.0 Å². The molecule has 0 bridgehead atoms. The molecule has 0 amide bonds. The van der Waals surface area contributed by atoms with Crippen LogP contribution in [0.1, 0.15) is 72.1 Å². The fraction of sp³-hybridized carbons (Fsp3) is 0.364. The first-order chi connectivity index (χ1) is 16.3. The van der Waals surface area contributed by atoms with Crippen LogP contribution in [-0.2, 0) is 16.2 Å². The molecule has 0 saturated carbocycles. The van der Waals surface area contributed by atoms with Crippen LogP contribution in [0, 0.1) is 0 Å². The van der Waals surface area contributed by atoms with Gasteiger partial charge in [0, 0.05) is 30.1 Å². The van der Waals surface area contributed by atoms with Gasteiger partial charge in [-0.1, -0.05) is 97.9 Å². The Balaban J connectivity index is 0.00000361. The zero-order valence-electron chi connectivity index (χ0n) is 23.3. The number of anilines is 1. The Hall–Kier alpha value is -2.65. The molecule has 0 aliphatic carbocycles. The van der Waals surface area contributed by atoms with Gasteiger partial charge in [0.05, 0.1) is 5.69 Å². The average Bonchev–Trinajstić information content (AvgIpc) is 2.97. The zero-order valence-corrected chi connectivity index (χ0v) is 25.0. The average molecular weight is 546 g/mol. The maximum atomic E-state index is 4.80. The molecule has 36 heavy (non-hydrogen) atoms. The van der Waals surface area contributed by atoms with Gasteiger partial charge >= 0.3 is 0 Å². The summed E-state index contributed by atoms with van der Waals surface area (Å²) in [5, 5.41) is 2.63. The zero-order chi connectivity index (χ0) is 25.6. The van der Waals surface area contributed by atoms with Gasteiger partial charge in [-0.3, -0.25) is 4.99 Å². The van der Waals surface area contributed by atoms with Crippen molar-refractivity contribution in [3.05, 3.63) is 95.2 Å². The van der Waals surface area contributed by atoms with Crippen molar-refractivity contribution < 1.29 is 0 Å². The molecule has 190 valence electrons. The lowest BCUT2D eigenvalue weighted by Crippen LogP contribution is -2.22. The van der Waals surface area contributed by atoms with E-state index >= 15 is 0 Å². The summed E-state index contributed by atoms with van der Waals surface area (Å²) in [6, 6.07) is 19.9. The fourth-order valence-electron chi connectivity index (χ4n) is 5.07. The van der Waals surface area contributed by atoms with E-state index in [0.29, 0.717) is 0 Å². The number of likely N-dealkylation sites (N-methyl/N-ethyl adjacent to an activating group) is 1. The monoisotopic (exact) mass is 544 g/mol. The van der Waals surface area contributed by atoms with Crippen LogP contribution in [0.25, 0.3) is 10.8 Å². The van der Waals surface area contributed by atoms with Gasteiger partial charge in [-0.25, -0.2) is 0 Å². The minimum Gasteiger partial charge on any atom is -0.347 e. The van der Waals surface area contributed by atoms with Crippen LogP contribution in [0.4, 0.5) is 11.4 Å². The second-order valence-electron chi connectivity index (χ2n) is 12.3. The van der Waals surface area contributed by atoms with E-state index in [2.05, 4.69) is 134 Å². The smallest absolute Gasteiger partial charge is 0.0635 e. The molecule has 0 unspecified atom stereocenters. The van der Waals surface area contributed by atoms with E-state index in [0.717, 1.165) is 5.69 Å². The third-order valence-electron chi connectivity index (χ3n) is 7.22. The van der Waals surface area contributed by atoms with Gasteiger partial charge < -0.3 is 4.90 Å². The Bertz CT molecular complexity index is 1310. The number of hydrogen-bond donors (Lipinski definition) is 0. The first-order valence-electron chi connectivity index (χ1n) is 12.6. The number of benzene rings is 3. The predicted molar refractivity (Wildman–Crippen MR) is 165 cm³/mol. The number of rotatable bonds is 3. The minimum absolute atomic E-state index is 0. The molecule has 0 atom stereocenters. The molecule has 0 aromatic heterocycles. The molecular weight excluding hydrogens is 504 g/mol. The molecule has 0 spiro atoms. The van der Waals surface area contributed by atoms with Crippen LogP contribution in [0.5, 0.6) is 0 Å². The van der Waals surface area contributed by atoms with E-state index in [4.69, 9.17) is 4.99 Å². The van der Waals surface area contributed by atoms with Gasteiger partial charge in [-0.2, -0.15) is 0 Å². The second kappa shape index (κ2) is 10.0. The number of fused-ring (bicyclic) bond motifs is 3. The molecule has 1 aliphatic heterocycles. The maximum Gasteiger partial charge on any atom is 0.0635 e. The normalized spacial score (nSPS) is 16.8. The third-order valence-corrected chi connectivity index (χ3v) is 7.22. The van der Waals surface area contributed by atoms with Crippen LogP contribution in [0.2, 0.25) is 0 Å². The number of aliphatic imine (C=N–C) groups is 1. The van der Waals surface area contributed by atoms with Crippen LogP contribution in [-0.4, -0.2) is 13.3 Å². The topological polar surface area (TPSA) is 15.6 Å². The molecule has 1 heterocycles. The Morgan fingerprint density at radius 2 is 1.42 bits per heavy atom. The molecule has 0 N–H and O–H groups in total. The van der Waals surface area contributed by atoms with E-state index in [-0.39, 0.29) is 33.2 Å². The van der Waals surface area contributed by atoms with Gasteiger partial charge in [0.1, 0.15) is 0 Å². The van der Waals surface area contributed by atoms with E-state index < -0.39 is 0 Å². The molecule has 1 aliphatic rings. The van der Waals surface area contributed by atoms with Crippen molar-refractivity contribution in [3.8, 4) is 0 Å². The van der Waals surface area contributed by atoms with E-state index in [1.165, 1.54) is 38.8 Å². The van der Waals surface area contributed by atoms with Crippen LogP contribution in [0.3, 0.4) is 0 Å². The standard InChI is InChI=1S/C33H40N2.BrH/c1-31(2,3)24-20-25(32(4,5)6)22-26(21-24)34-19-13-12-16-29-33(7,8)30-27-15-11-10-14-23(27)17-18-28(30)35(29)9;/h10-22H,1-9H3;1H. The van der Waals surface area contributed by atoms with Crippen molar-refractivity contribution in [2.75, 3.05) is 11.9 Å². The van der Waals surface area contributed by atoms with E-state index in [9.17, 15) is 0 Å². The maximum absolute atomic E-state index is 4.80. The van der Waals surface area contributed by atoms with Crippen molar-refractivity contribution in [2.24, 2.45) is 4.99 Å². The summed E-state index contributed by atoms with van der Waals surface area (Å²) in [5.41, 5.74) is 7.73. The lowest BCUT2D eigenvalue weighted by Gasteiger charge is -2.25. The second-order valence-corrected chi connectivity index (χ2v) is 12.3. The van der Waals surface area contributed by atoms with Crippen molar-refractivity contribution >= 4 is 45.3 Å². The molecule has 4 rings (SSSR count). The highest BCUT2D eigenvalue weighted by molar-refractivity contribution is 8.93. The van der Waals surface area contributed by atoms with E-state index in [1.54, 1.807) is 0 Å². The summed E-state index contributed by atoms with van der Waals surface area (Å²) in [4.78, 5) is 7.12. The Morgan fingerprint density at radius 3 is 2.03 bits per heavy atom. The lowest BCUT2D eigenvalue weighted by molar-refractivity contribution is 0.569. The molecule has 0 fully saturated rings. The Kier molecular flexibility index (Phi) is 7.77. The Labute approximate surface area is 228 Å². The fourth-order valence-corrected chi connectivity index (χ4v) is 5.07. The molecule has 3 aromatic carbocycles. The van der Waals surface area contributed by atoms with E-state index in [1.807, 2.05) is 12.3 Å². The summed E-state index contributed by atoms with van der Waals surface area (Å²) in [5.74, 6) is 0. The summed E-state index contributed by atoms with van der Waals surface area (Å²) >= 11 is 0. The Morgan fingerprint density at radius 1 is 0.806 bits per heavy atom. The van der Waals surface area contributed by atoms with Gasteiger partial charge in [0.2, 0.25) is 0 Å². The number of nitrogens with zero attached hydrogens (tertiary/aromatic N) is 2. The highest BCUT2D eigenvalue weighted by Gasteiger charge is 2.39. The van der Waals surface area contributed by atoms with Crippen molar-refractivity contribution in [3.63, 3.8) is 0 Å². The van der Waals surface area contributed by atoms with Gasteiger partial charge in [0.15, 0.2) is 0 Å². The van der Waals surface area contributed by atoms with Crippen molar-refractivity contribution in [1.82, 2.24) is 0 Å². The van der Waals surface area contributed by atoms with Crippen molar-refractivity contribution in [2.45, 2.75) is 71.6 Å². The quantitative estimate of drug-likeness (QED) is 0.299. The number of halogens is 1. The lowest BCUT2D eigenvalue weighted by atomic mass is 9.80. The van der Waals surface area contributed by atoms with Crippen LogP contribution < -0.4 is 4.90 Å². The molecule has 3 aromatic rings. The molecule has 0 radical (unpaired) electrons. The third kappa shape index (κ3) is 5.37. The summed E-state index contributed by atoms with van der Waals surface area (Å²) in [6.07, 6.45) is 8.30. The van der Waals surface area contributed by atoms with Crippen LogP contribution in [0.15, 0.2) is 83.5 Å². The molecule has 3 heteroatoms. The van der Waals surface area contributed by atoms with Gasteiger partial charge in [0.25, 0.3) is 0 Å². The molecule has 2 nitrogen and oxygen atoms in total. The first-order valence-corrected chi connectivity index (χ1v) is 12.6. The van der Waals surface area contributed by atoms with Gasteiger partial charge in [-0.05, 0) is 68.6 Å². The first kappa shape index (κ1) is 27.9. The molecular formula is C33H41BrN2. The van der Waals surface area contributed by atoms with Gasteiger partial charge in [-0.15, -0.1) is 17.0 Å². The minimum atomic E-state index is -0.0743. The number of allylic oxidation sites excluding steroid dienone is 4.